The molecule has 0 saturated heterocycles. The van der Waals surface area contributed by atoms with E-state index in [9.17, 15) is 25.9 Å². The number of azo groups is 1. The summed E-state index contributed by atoms with van der Waals surface area (Å²) < 4.78 is 70.9. The summed E-state index contributed by atoms with van der Waals surface area (Å²) in [4.78, 5) is -1.17. The zero-order valence-corrected chi connectivity index (χ0v) is 26.2. The van der Waals surface area contributed by atoms with Gasteiger partial charge in [-0.15, -0.1) is 10.2 Å². The molecule has 0 aliphatic heterocycles. The Morgan fingerprint density at radius 3 is 2.14 bits per heavy atom. The fourth-order valence-electron chi connectivity index (χ4n) is 3.24. The summed E-state index contributed by atoms with van der Waals surface area (Å²) in [5, 5.41) is 12.5. The van der Waals surface area contributed by atoms with Gasteiger partial charge in [-0.3, -0.25) is 0 Å². The van der Waals surface area contributed by atoms with Crippen molar-refractivity contribution in [2.45, 2.75) is 16.7 Å². The molecule has 36 heavy (non-hydrogen) atoms. The van der Waals surface area contributed by atoms with Crippen LogP contribution < -0.4 is 59.1 Å². The first-order valence-corrected chi connectivity index (χ1v) is 12.8. The normalized spacial score (nSPS) is 11.9. The topological polar surface area (TPSA) is 157 Å². The Kier molecular flexibility index (Phi) is 10.4. The Morgan fingerprint density at radius 1 is 0.861 bits per heavy atom. The van der Waals surface area contributed by atoms with E-state index in [1.54, 1.807) is 31.2 Å². The van der Waals surface area contributed by atoms with Crippen LogP contribution in [-0.4, -0.2) is 35.7 Å². The van der Waals surface area contributed by atoms with Crippen LogP contribution in [0.5, 0.6) is 0 Å². The minimum atomic E-state index is -4.87. The Morgan fingerprint density at radius 2 is 1.50 bits per heavy atom. The Bertz CT molecular complexity index is 1710. The summed E-state index contributed by atoms with van der Waals surface area (Å²) in [5.41, 5.74) is 0.572. The molecule has 0 amide bonds. The first-order chi connectivity index (χ1) is 15.9. The number of hydrogen-bond acceptors (Lipinski definition) is 9. The van der Waals surface area contributed by atoms with Gasteiger partial charge in [-0.1, -0.05) is 53.5 Å². The van der Waals surface area contributed by atoms with Gasteiger partial charge in [0.1, 0.15) is 31.6 Å². The average Bonchev–Trinajstić information content (AvgIpc) is 3.11. The molecule has 3 aromatic carbocycles. The zero-order valence-electron chi connectivity index (χ0n) is 19.0. The standard InChI is InChI=1S/C20H14Cl2N4O6S2.2Na/c1-11-17(10-26(25-11)18-8-15(22)19(9-14(18)21)33(27,28)29)24-23-16-7-6-12-4-2-3-5-13(12)20(16)34(30,31)32;;/h2-10H,1H3,(H,27,28,29)(H,30,31,32);;/q;2*+1/p-2. The van der Waals surface area contributed by atoms with Crippen molar-refractivity contribution in [3.63, 3.8) is 0 Å². The van der Waals surface area contributed by atoms with E-state index in [0.29, 0.717) is 11.1 Å². The van der Waals surface area contributed by atoms with E-state index < -0.39 is 30.0 Å². The van der Waals surface area contributed by atoms with Crippen molar-refractivity contribution >= 4 is 65.6 Å². The number of fused-ring (bicyclic) bond motifs is 1. The minimum absolute atomic E-state index is 0. The van der Waals surface area contributed by atoms with E-state index in [1.165, 1.54) is 23.0 Å². The van der Waals surface area contributed by atoms with Crippen molar-refractivity contribution in [2.75, 3.05) is 0 Å². The molecule has 4 rings (SSSR count). The number of rotatable bonds is 5. The maximum Gasteiger partial charge on any atom is 1.00 e. The van der Waals surface area contributed by atoms with Crippen LogP contribution in [0.25, 0.3) is 16.5 Å². The molecule has 176 valence electrons. The van der Waals surface area contributed by atoms with Crippen LogP contribution in [0.15, 0.2) is 74.7 Å². The second-order valence-electron chi connectivity index (χ2n) is 7.02. The van der Waals surface area contributed by atoms with Gasteiger partial charge in [0.05, 0.1) is 37.4 Å². The van der Waals surface area contributed by atoms with Crippen LogP contribution in [0.2, 0.25) is 10.0 Å². The van der Waals surface area contributed by atoms with Crippen molar-refractivity contribution in [3.05, 3.63) is 70.5 Å². The quantitative estimate of drug-likeness (QED) is 0.163. The molecule has 0 bridgehead atoms. The smallest absolute Gasteiger partial charge is 0.744 e. The summed E-state index contributed by atoms with van der Waals surface area (Å²) in [7, 11) is -9.70. The van der Waals surface area contributed by atoms with Gasteiger partial charge in [0.25, 0.3) is 0 Å². The van der Waals surface area contributed by atoms with Gasteiger partial charge < -0.3 is 9.11 Å². The maximum atomic E-state index is 11.9. The van der Waals surface area contributed by atoms with Gasteiger partial charge >= 0.3 is 59.1 Å². The van der Waals surface area contributed by atoms with Crippen LogP contribution in [0.4, 0.5) is 11.4 Å². The monoisotopic (exact) mass is 584 g/mol. The first kappa shape index (κ1) is 31.3. The second-order valence-corrected chi connectivity index (χ2v) is 10.5. The molecule has 0 radical (unpaired) electrons. The van der Waals surface area contributed by atoms with E-state index in [-0.39, 0.29) is 91.6 Å². The molecule has 1 aromatic heterocycles. The number of benzene rings is 3. The van der Waals surface area contributed by atoms with Crippen LogP contribution in [-0.2, 0) is 20.2 Å². The van der Waals surface area contributed by atoms with Crippen LogP contribution in [0.1, 0.15) is 5.69 Å². The maximum absolute atomic E-state index is 11.9. The molecule has 1 heterocycles. The largest absolute Gasteiger partial charge is 1.00 e. The molecule has 0 aliphatic rings. The molecule has 4 aromatic rings. The fraction of sp³-hybridized carbons (Fsp3) is 0.0500. The van der Waals surface area contributed by atoms with Crippen molar-refractivity contribution in [2.24, 2.45) is 10.2 Å². The van der Waals surface area contributed by atoms with E-state index >= 15 is 0 Å². The van der Waals surface area contributed by atoms with E-state index in [1.807, 2.05) is 0 Å². The summed E-state index contributed by atoms with van der Waals surface area (Å²) in [6.45, 7) is 1.59. The van der Waals surface area contributed by atoms with Gasteiger partial charge in [0.15, 0.2) is 0 Å². The predicted molar refractivity (Wildman–Crippen MR) is 122 cm³/mol. The van der Waals surface area contributed by atoms with Gasteiger partial charge in [0, 0.05) is 5.39 Å². The molecule has 0 spiro atoms. The SMILES string of the molecule is Cc1nn(-c2cc(Cl)c(S(=O)(=O)[O-])cc2Cl)cc1N=Nc1ccc2ccccc2c1S(=O)(=O)[O-].[Na+].[Na+]. The fourth-order valence-corrected chi connectivity index (χ4v) is 5.38. The number of aryl methyl sites for hydroxylation is 1. The molecule has 0 N–H and O–H groups in total. The van der Waals surface area contributed by atoms with E-state index in [0.717, 1.165) is 12.1 Å². The van der Waals surface area contributed by atoms with Crippen molar-refractivity contribution in [1.29, 1.82) is 0 Å². The number of halogens is 2. The molecular weight excluding hydrogens is 573 g/mol. The van der Waals surface area contributed by atoms with Gasteiger partial charge in [0.2, 0.25) is 0 Å². The number of nitrogens with zero attached hydrogens (tertiary/aromatic N) is 4. The molecule has 0 aliphatic carbocycles. The summed E-state index contributed by atoms with van der Waals surface area (Å²) in [6, 6.07) is 11.5. The third kappa shape index (κ3) is 6.57. The molecule has 16 heteroatoms. The minimum Gasteiger partial charge on any atom is -0.744 e. The average molecular weight is 585 g/mol. The third-order valence-electron chi connectivity index (χ3n) is 4.76. The molecule has 0 saturated carbocycles. The zero-order chi connectivity index (χ0) is 24.8. The Balaban J connectivity index is 0.00000228. The molecule has 0 unspecified atom stereocenters. The number of aromatic nitrogens is 2. The predicted octanol–water partition coefficient (Wildman–Crippen LogP) is -1.13. The first-order valence-electron chi connectivity index (χ1n) is 9.27. The summed E-state index contributed by atoms with van der Waals surface area (Å²) in [6.07, 6.45) is 1.38. The van der Waals surface area contributed by atoms with Gasteiger partial charge in [-0.25, -0.2) is 21.5 Å². The van der Waals surface area contributed by atoms with Gasteiger partial charge in [-0.05, 0) is 30.5 Å². The van der Waals surface area contributed by atoms with Crippen LogP contribution in [0, 0.1) is 6.92 Å². The van der Waals surface area contributed by atoms with E-state index in [4.69, 9.17) is 23.2 Å². The van der Waals surface area contributed by atoms with Gasteiger partial charge in [-0.2, -0.15) is 5.10 Å². The Labute approximate surface area is 260 Å². The molecule has 10 nitrogen and oxygen atoms in total. The second kappa shape index (κ2) is 11.9. The van der Waals surface area contributed by atoms with Crippen LogP contribution >= 0.6 is 23.2 Å². The van der Waals surface area contributed by atoms with Crippen molar-refractivity contribution in [3.8, 4) is 5.69 Å². The summed E-state index contributed by atoms with van der Waals surface area (Å²) >= 11 is 12.0. The molecule has 0 atom stereocenters. The third-order valence-corrected chi connectivity index (χ3v) is 7.30. The number of hydrogen-bond donors (Lipinski definition) is 0. The molecule has 0 fully saturated rings. The Hall–Kier alpha value is -0.870. The molecular formula is C20H12Cl2N4Na2O6S2. The summed E-state index contributed by atoms with van der Waals surface area (Å²) in [5.74, 6) is 0. The van der Waals surface area contributed by atoms with E-state index in [2.05, 4.69) is 15.3 Å². The van der Waals surface area contributed by atoms with Crippen LogP contribution in [0.3, 0.4) is 0 Å². The van der Waals surface area contributed by atoms with Crippen molar-refractivity contribution in [1.82, 2.24) is 9.78 Å². The van der Waals surface area contributed by atoms with Crippen molar-refractivity contribution < 1.29 is 85.1 Å².